The second-order valence-electron chi connectivity index (χ2n) is 5.24. The van der Waals surface area contributed by atoms with E-state index in [1.165, 1.54) is 12.1 Å². The van der Waals surface area contributed by atoms with Crippen molar-refractivity contribution in [3.05, 3.63) is 17.7 Å². The van der Waals surface area contributed by atoms with Gasteiger partial charge in [-0.25, -0.2) is 4.98 Å². The Hall–Kier alpha value is -0.910. The number of rotatable bonds is 3. The van der Waals surface area contributed by atoms with Crippen molar-refractivity contribution in [3.63, 3.8) is 0 Å². The Morgan fingerprint density at radius 2 is 2.17 bits per heavy atom. The minimum atomic E-state index is 0.135. The Balaban J connectivity index is 1.59. The summed E-state index contributed by atoms with van der Waals surface area (Å²) in [6, 6.07) is 0.135. The molecule has 0 aromatic carbocycles. The third kappa shape index (κ3) is 2.58. The molecule has 5 nitrogen and oxygen atoms in total. The minimum Gasteiger partial charge on any atom is -0.379 e. The van der Waals surface area contributed by atoms with E-state index >= 15 is 0 Å². The lowest BCUT2D eigenvalue weighted by molar-refractivity contribution is 0.0383. The van der Waals surface area contributed by atoms with Crippen LogP contribution in [-0.4, -0.2) is 47.3 Å². The van der Waals surface area contributed by atoms with E-state index in [0.29, 0.717) is 0 Å². The highest BCUT2D eigenvalue weighted by Gasteiger charge is 2.19. The van der Waals surface area contributed by atoms with Crippen molar-refractivity contribution in [2.45, 2.75) is 31.8 Å². The van der Waals surface area contributed by atoms with Crippen molar-refractivity contribution >= 4 is 0 Å². The zero-order valence-corrected chi connectivity index (χ0v) is 10.8. The van der Waals surface area contributed by atoms with Crippen LogP contribution in [0.1, 0.15) is 30.4 Å². The number of fused-ring (bicyclic) bond motifs is 1. The van der Waals surface area contributed by atoms with Gasteiger partial charge in [0.05, 0.1) is 24.9 Å². The van der Waals surface area contributed by atoms with E-state index in [0.717, 1.165) is 58.1 Å². The molecule has 0 aliphatic carbocycles. The Labute approximate surface area is 108 Å². The maximum atomic E-state index is 6.09. The first kappa shape index (κ1) is 12.1. The maximum Gasteiger partial charge on any atom is 0.125 e. The normalized spacial score (nSPS) is 25.1. The van der Waals surface area contributed by atoms with Gasteiger partial charge in [0, 0.05) is 38.8 Å². The van der Waals surface area contributed by atoms with Crippen LogP contribution in [0.3, 0.4) is 0 Å². The van der Waals surface area contributed by atoms with Crippen molar-refractivity contribution in [1.82, 2.24) is 14.5 Å². The fraction of sp³-hybridized carbons (Fsp3) is 0.769. The van der Waals surface area contributed by atoms with Crippen LogP contribution >= 0.6 is 0 Å². The van der Waals surface area contributed by atoms with Crippen LogP contribution < -0.4 is 5.73 Å². The van der Waals surface area contributed by atoms with E-state index in [1.807, 2.05) is 0 Å². The second kappa shape index (κ2) is 5.38. The van der Waals surface area contributed by atoms with Crippen LogP contribution in [0.2, 0.25) is 0 Å². The molecule has 2 aliphatic heterocycles. The summed E-state index contributed by atoms with van der Waals surface area (Å²) in [5.41, 5.74) is 7.28. The lowest BCUT2D eigenvalue weighted by Crippen LogP contribution is -2.37. The molecule has 2 aliphatic rings. The fourth-order valence-corrected chi connectivity index (χ4v) is 2.79. The number of hydrogen-bond donors (Lipinski definition) is 1. The quantitative estimate of drug-likeness (QED) is 0.851. The molecule has 1 fully saturated rings. The van der Waals surface area contributed by atoms with E-state index in [1.54, 1.807) is 0 Å². The van der Waals surface area contributed by atoms with Gasteiger partial charge >= 0.3 is 0 Å². The molecule has 1 saturated heterocycles. The van der Waals surface area contributed by atoms with Crippen molar-refractivity contribution in [1.29, 1.82) is 0 Å². The number of nitrogens with zero attached hydrogens (tertiary/aromatic N) is 3. The highest BCUT2D eigenvalue weighted by Crippen LogP contribution is 2.22. The molecule has 0 spiro atoms. The smallest absolute Gasteiger partial charge is 0.125 e. The number of aromatic nitrogens is 2. The predicted molar refractivity (Wildman–Crippen MR) is 69.4 cm³/mol. The van der Waals surface area contributed by atoms with Crippen molar-refractivity contribution < 1.29 is 4.74 Å². The summed E-state index contributed by atoms with van der Waals surface area (Å²) in [6.45, 7) is 5.98. The van der Waals surface area contributed by atoms with E-state index < -0.39 is 0 Å². The summed E-state index contributed by atoms with van der Waals surface area (Å²) in [5.74, 6) is 1.08. The molecular formula is C13H22N4O. The number of nitrogens with two attached hydrogens (primary N) is 1. The predicted octanol–water partition coefficient (Wildman–Crippen LogP) is 0.551. The zero-order chi connectivity index (χ0) is 12.4. The van der Waals surface area contributed by atoms with Crippen LogP contribution in [0, 0.1) is 0 Å². The molecule has 2 N–H and O–H groups in total. The topological polar surface area (TPSA) is 56.3 Å². The Morgan fingerprint density at radius 1 is 1.33 bits per heavy atom. The fourth-order valence-electron chi connectivity index (χ4n) is 2.79. The summed E-state index contributed by atoms with van der Waals surface area (Å²) in [5, 5.41) is 0. The molecule has 1 aromatic rings. The number of ether oxygens (including phenoxy) is 1. The van der Waals surface area contributed by atoms with Crippen molar-refractivity contribution in [2.24, 2.45) is 5.73 Å². The first-order valence-corrected chi connectivity index (χ1v) is 6.94. The molecule has 1 unspecified atom stereocenters. The Bertz CT molecular complexity index is 398. The number of hydrogen-bond acceptors (Lipinski definition) is 4. The van der Waals surface area contributed by atoms with Gasteiger partial charge in [0.2, 0.25) is 0 Å². The third-order valence-corrected chi connectivity index (χ3v) is 3.89. The molecule has 0 radical (unpaired) electrons. The zero-order valence-electron chi connectivity index (χ0n) is 10.8. The highest BCUT2D eigenvalue weighted by molar-refractivity contribution is 5.09. The Kier molecular flexibility index (Phi) is 3.63. The maximum absolute atomic E-state index is 6.09. The van der Waals surface area contributed by atoms with E-state index in [2.05, 4.69) is 15.7 Å². The molecule has 0 amide bonds. The van der Waals surface area contributed by atoms with Gasteiger partial charge in [-0.2, -0.15) is 0 Å². The first-order valence-electron chi connectivity index (χ1n) is 6.94. The Morgan fingerprint density at radius 3 is 2.94 bits per heavy atom. The third-order valence-electron chi connectivity index (χ3n) is 3.89. The van der Waals surface area contributed by atoms with E-state index in [4.69, 9.17) is 15.5 Å². The summed E-state index contributed by atoms with van der Waals surface area (Å²) in [4.78, 5) is 7.14. The van der Waals surface area contributed by atoms with Crippen LogP contribution in [-0.2, 0) is 17.7 Å². The molecule has 1 aromatic heterocycles. The summed E-state index contributed by atoms with van der Waals surface area (Å²) in [7, 11) is 0. The first-order chi connectivity index (χ1) is 8.83. The molecule has 1 atom stereocenters. The van der Waals surface area contributed by atoms with E-state index in [-0.39, 0.29) is 6.04 Å². The van der Waals surface area contributed by atoms with Crippen LogP contribution in [0.15, 0.2) is 6.20 Å². The molecule has 100 valence electrons. The number of aryl methyl sites for hydroxylation is 1. The number of morpholine rings is 1. The van der Waals surface area contributed by atoms with Crippen molar-refractivity contribution in [2.75, 3.05) is 32.8 Å². The molecule has 3 rings (SSSR count). The SMILES string of the molecule is NC1CCCn2cc(CCN3CCOCC3)nc21. The standard InChI is InChI=1S/C13H22N4O/c14-12-2-1-4-17-10-11(15-13(12)17)3-5-16-6-8-18-9-7-16/h10,12H,1-9,14H2. The van der Waals surface area contributed by atoms with Gasteiger partial charge < -0.3 is 15.0 Å². The van der Waals surface area contributed by atoms with Gasteiger partial charge in [-0.05, 0) is 12.8 Å². The summed E-state index contributed by atoms with van der Waals surface area (Å²) in [6.07, 6.45) is 5.45. The molecule has 5 heteroatoms. The van der Waals surface area contributed by atoms with Gasteiger partial charge in [-0.1, -0.05) is 0 Å². The largest absolute Gasteiger partial charge is 0.379 e. The second-order valence-corrected chi connectivity index (χ2v) is 5.24. The lowest BCUT2D eigenvalue weighted by atomic mass is 10.1. The molecule has 0 bridgehead atoms. The molecular weight excluding hydrogens is 228 g/mol. The van der Waals surface area contributed by atoms with Gasteiger partial charge in [0.15, 0.2) is 0 Å². The summed E-state index contributed by atoms with van der Waals surface area (Å²) >= 11 is 0. The summed E-state index contributed by atoms with van der Waals surface area (Å²) < 4.78 is 7.59. The molecule has 3 heterocycles. The highest BCUT2D eigenvalue weighted by atomic mass is 16.5. The average Bonchev–Trinajstić information content (AvgIpc) is 2.82. The number of imidazole rings is 1. The minimum absolute atomic E-state index is 0.135. The molecule has 18 heavy (non-hydrogen) atoms. The van der Waals surface area contributed by atoms with Crippen LogP contribution in [0.5, 0.6) is 0 Å². The van der Waals surface area contributed by atoms with Gasteiger partial charge in [-0.3, -0.25) is 4.90 Å². The van der Waals surface area contributed by atoms with Gasteiger partial charge in [-0.15, -0.1) is 0 Å². The van der Waals surface area contributed by atoms with Crippen molar-refractivity contribution in [3.8, 4) is 0 Å². The van der Waals surface area contributed by atoms with E-state index in [9.17, 15) is 0 Å². The van der Waals surface area contributed by atoms with Gasteiger partial charge in [0.25, 0.3) is 0 Å². The monoisotopic (exact) mass is 250 g/mol. The lowest BCUT2D eigenvalue weighted by Gasteiger charge is -2.26. The molecule has 0 saturated carbocycles. The average molecular weight is 250 g/mol. The van der Waals surface area contributed by atoms with Crippen LogP contribution in [0.4, 0.5) is 0 Å². The van der Waals surface area contributed by atoms with Crippen LogP contribution in [0.25, 0.3) is 0 Å². The van der Waals surface area contributed by atoms with Gasteiger partial charge in [0.1, 0.15) is 5.82 Å².